The predicted octanol–water partition coefficient (Wildman–Crippen LogP) is 2.86. The lowest BCUT2D eigenvalue weighted by molar-refractivity contribution is -0.118. The Morgan fingerprint density at radius 3 is 2.86 bits per heavy atom. The molecule has 5 nitrogen and oxygen atoms in total. The zero-order valence-electron chi connectivity index (χ0n) is 12.2. The maximum absolute atomic E-state index is 12.1. The molecule has 2 aromatic rings. The molecule has 22 heavy (non-hydrogen) atoms. The molecule has 1 heterocycles. The monoisotopic (exact) mass is 299 g/mol. The number of rotatable bonds is 4. The van der Waals surface area contributed by atoms with Crippen LogP contribution in [0.2, 0.25) is 0 Å². The van der Waals surface area contributed by atoms with E-state index in [-0.39, 0.29) is 18.4 Å². The molecule has 1 aliphatic heterocycles. The lowest BCUT2D eigenvalue weighted by Crippen LogP contribution is -2.33. The number of ether oxygens (including phenoxy) is 3. The maximum Gasteiger partial charge on any atom is 0.228 e. The van der Waals surface area contributed by atoms with E-state index in [1.807, 2.05) is 42.5 Å². The van der Waals surface area contributed by atoms with E-state index in [1.165, 1.54) is 0 Å². The lowest BCUT2D eigenvalue weighted by atomic mass is 10.2. The van der Waals surface area contributed by atoms with Crippen LogP contribution in [0, 0.1) is 0 Å². The number of methoxy groups -OCH3 is 1. The third kappa shape index (κ3) is 3.31. The fourth-order valence-corrected chi connectivity index (χ4v) is 2.28. The van der Waals surface area contributed by atoms with Crippen LogP contribution in [0.4, 0.5) is 5.69 Å². The van der Waals surface area contributed by atoms with Crippen molar-refractivity contribution in [3.8, 4) is 17.2 Å². The van der Waals surface area contributed by atoms with E-state index in [2.05, 4.69) is 5.32 Å². The normalized spacial score (nSPS) is 16.0. The van der Waals surface area contributed by atoms with Crippen LogP contribution in [0.3, 0.4) is 0 Å². The van der Waals surface area contributed by atoms with Crippen LogP contribution in [0.5, 0.6) is 17.2 Å². The number of nitrogens with one attached hydrogen (secondary N) is 1. The van der Waals surface area contributed by atoms with Crippen molar-refractivity contribution in [1.82, 2.24) is 0 Å². The van der Waals surface area contributed by atoms with Crippen LogP contribution < -0.4 is 19.5 Å². The third-order valence-corrected chi connectivity index (χ3v) is 3.33. The molecule has 5 heteroatoms. The van der Waals surface area contributed by atoms with Gasteiger partial charge in [-0.3, -0.25) is 4.79 Å². The zero-order valence-corrected chi connectivity index (χ0v) is 12.2. The summed E-state index contributed by atoms with van der Waals surface area (Å²) in [6.45, 7) is 0.364. The van der Waals surface area contributed by atoms with Gasteiger partial charge in [-0.1, -0.05) is 18.2 Å². The van der Waals surface area contributed by atoms with Gasteiger partial charge in [0, 0.05) is 11.8 Å². The maximum atomic E-state index is 12.1. The van der Waals surface area contributed by atoms with Gasteiger partial charge in [-0.15, -0.1) is 0 Å². The van der Waals surface area contributed by atoms with Crippen LogP contribution >= 0.6 is 0 Å². The second kappa shape index (κ2) is 6.39. The van der Waals surface area contributed by atoms with Crippen molar-refractivity contribution in [3.63, 3.8) is 0 Å². The average Bonchev–Trinajstić information content (AvgIpc) is 2.55. The van der Waals surface area contributed by atoms with E-state index in [9.17, 15) is 4.79 Å². The van der Waals surface area contributed by atoms with E-state index >= 15 is 0 Å². The van der Waals surface area contributed by atoms with Crippen LogP contribution in [-0.2, 0) is 4.79 Å². The van der Waals surface area contributed by atoms with Gasteiger partial charge in [0.2, 0.25) is 5.91 Å². The minimum Gasteiger partial charge on any atom is -0.497 e. The van der Waals surface area contributed by atoms with E-state index in [0.29, 0.717) is 29.5 Å². The summed E-state index contributed by atoms with van der Waals surface area (Å²) in [5.74, 6) is 1.96. The summed E-state index contributed by atoms with van der Waals surface area (Å²) in [5, 5.41) is 2.83. The van der Waals surface area contributed by atoms with Gasteiger partial charge in [-0.2, -0.15) is 0 Å². The number of carbonyl (C=O) groups excluding carboxylic acids is 1. The first-order valence-corrected chi connectivity index (χ1v) is 7.07. The standard InChI is InChI=1S/C17H17NO4/c1-20-13-6-4-5-12(9-13)18-17(19)10-14-11-21-15-7-2-3-8-16(15)22-14/h2-9,14H,10-11H2,1H3,(H,18,19)/t14-/m1/s1. The number of carbonyl (C=O) groups is 1. The van der Waals surface area contributed by atoms with E-state index in [4.69, 9.17) is 14.2 Å². The van der Waals surface area contributed by atoms with Gasteiger partial charge in [0.1, 0.15) is 18.5 Å². The summed E-state index contributed by atoms with van der Waals surface area (Å²) >= 11 is 0. The second-order valence-electron chi connectivity index (χ2n) is 4.98. The minimum absolute atomic E-state index is 0.124. The molecule has 1 aliphatic rings. The van der Waals surface area contributed by atoms with E-state index in [0.717, 1.165) is 0 Å². The van der Waals surface area contributed by atoms with Gasteiger partial charge in [0.25, 0.3) is 0 Å². The van der Waals surface area contributed by atoms with Crippen LogP contribution in [0.25, 0.3) is 0 Å². The first-order chi connectivity index (χ1) is 10.7. The molecule has 1 atom stereocenters. The number of para-hydroxylation sites is 2. The van der Waals surface area contributed by atoms with Crippen molar-refractivity contribution < 1.29 is 19.0 Å². The Morgan fingerprint density at radius 2 is 2.05 bits per heavy atom. The molecule has 3 rings (SSSR count). The van der Waals surface area contributed by atoms with Crippen LogP contribution in [0.15, 0.2) is 48.5 Å². The summed E-state index contributed by atoms with van der Waals surface area (Å²) in [5.41, 5.74) is 0.696. The number of benzene rings is 2. The van der Waals surface area contributed by atoms with Gasteiger partial charge < -0.3 is 19.5 Å². The average molecular weight is 299 g/mol. The zero-order chi connectivity index (χ0) is 15.4. The molecule has 0 saturated heterocycles. The van der Waals surface area contributed by atoms with Crippen LogP contribution in [-0.4, -0.2) is 25.7 Å². The molecular weight excluding hydrogens is 282 g/mol. The Bertz CT molecular complexity index is 671. The molecule has 114 valence electrons. The first-order valence-electron chi connectivity index (χ1n) is 7.07. The highest BCUT2D eigenvalue weighted by Crippen LogP contribution is 2.31. The molecule has 0 radical (unpaired) electrons. The fraction of sp³-hybridized carbons (Fsp3) is 0.235. The number of fused-ring (bicyclic) bond motifs is 1. The van der Waals surface area contributed by atoms with Crippen molar-refractivity contribution in [2.75, 3.05) is 19.0 Å². The van der Waals surface area contributed by atoms with Crippen molar-refractivity contribution in [3.05, 3.63) is 48.5 Å². The lowest BCUT2D eigenvalue weighted by Gasteiger charge is -2.26. The molecular formula is C17H17NO4. The second-order valence-corrected chi connectivity index (χ2v) is 4.98. The highest BCUT2D eigenvalue weighted by atomic mass is 16.6. The quantitative estimate of drug-likeness (QED) is 0.943. The Kier molecular flexibility index (Phi) is 4.14. The minimum atomic E-state index is -0.291. The van der Waals surface area contributed by atoms with E-state index < -0.39 is 0 Å². The predicted molar refractivity (Wildman–Crippen MR) is 82.6 cm³/mol. The van der Waals surface area contributed by atoms with Crippen molar-refractivity contribution >= 4 is 11.6 Å². The van der Waals surface area contributed by atoms with E-state index in [1.54, 1.807) is 13.2 Å². The van der Waals surface area contributed by atoms with Crippen molar-refractivity contribution in [1.29, 1.82) is 0 Å². The number of hydrogen-bond donors (Lipinski definition) is 1. The summed E-state index contributed by atoms with van der Waals surface area (Å²) in [4.78, 5) is 12.1. The molecule has 1 N–H and O–H groups in total. The topological polar surface area (TPSA) is 56.8 Å². The first kappa shape index (κ1) is 14.3. The molecule has 0 saturated carbocycles. The molecule has 2 aromatic carbocycles. The van der Waals surface area contributed by atoms with Gasteiger partial charge in [-0.05, 0) is 24.3 Å². The Balaban J connectivity index is 1.58. The smallest absolute Gasteiger partial charge is 0.228 e. The highest BCUT2D eigenvalue weighted by Gasteiger charge is 2.23. The largest absolute Gasteiger partial charge is 0.497 e. The van der Waals surface area contributed by atoms with Gasteiger partial charge in [0.05, 0.1) is 13.5 Å². The highest BCUT2D eigenvalue weighted by molar-refractivity contribution is 5.91. The Labute approximate surface area is 128 Å². The summed E-state index contributed by atoms with van der Waals surface area (Å²) in [6.07, 6.45) is -0.0635. The number of anilines is 1. The van der Waals surface area contributed by atoms with Gasteiger partial charge in [-0.25, -0.2) is 0 Å². The Hall–Kier alpha value is -2.69. The molecule has 0 spiro atoms. The summed E-state index contributed by atoms with van der Waals surface area (Å²) in [7, 11) is 1.59. The molecule has 0 aliphatic carbocycles. The number of hydrogen-bond acceptors (Lipinski definition) is 4. The van der Waals surface area contributed by atoms with Crippen molar-refractivity contribution in [2.24, 2.45) is 0 Å². The van der Waals surface area contributed by atoms with Crippen molar-refractivity contribution in [2.45, 2.75) is 12.5 Å². The fourth-order valence-electron chi connectivity index (χ4n) is 2.28. The molecule has 0 aromatic heterocycles. The van der Waals surface area contributed by atoms with Gasteiger partial charge in [0.15, 0.2) is 11.5 Å². The SMILES string of the molecule is COc1cccc(NC(=O)C[C@@H]2COc3ccccc3O2)c1. The van der Waals surface area contributed by atoms with Gasteiger partial charge >= 0.3 is 0 Å². The number of amides is 1. The molecule has 1 amide bonds. The Morgan fingerprint density at radius 1 is 1.23 bits per heavy atom. The van der Waals surface area contributed by atoms with Crippen LogP contribution in [0.1, 0.15) is 6.42 Å². The molecule has 0 fully saturated rings. The molecule has 0 bridgehead atoms. The summed E-state index contributed by atoms with van der Waals surface area (Å²) < 4.78 is 16.5. The molecule has 0 unspecified atom stereocenters. The third-order valence-electron chi connectivity index (χ3n) is 3.33. The summed E-state index contributed by atoms with van der Waals surface area (Å²) in [6, 6.07) is 14.7.